The number of sulfone groups is 2. The maximum atomic E-state index is 12.3. The van der Waals surface area contributed by atoms with Crippen molar-refractivity contribution in [1.82, 2.24) is 0 Å². The quantitative estimate of drug-likeness (QED) is 0.885. The Hall–Kier alpha value is -1.41. The lowest BCUT2D eigenvalue weighted by molar-refractivity contribution is -0.119. The molecule has 0 spiro atoms. The Morgan fingerprint density at radius 3 is 2.45 bits per heavy atom. The van der Waals surface area contributed by atoms with Crippen LogP contribution in [-0.2, 0) is 24.5 Å². The number of hydrogen-bond acceptors (Lipinski definition) is 5. The molecule has 8 heteroatoms. The summed E-state index contributed by atoms with van der Waals surface area (Å²) in [4.78, 5) is 12.2. The highest BCUT2D eigenvalue weighted by molar-refractivity contribution is 7.92. The first kappa shape index (κ1) is 17.0. The molecule has 0 radical (unpaired) electrons. The topological polar surface area (TPSA) is 97.4 Å². The normalized spacial score (nSPS) is 21.0. The summed E-state index contributed by atoms with van der Waals surface area (Å²) < 4.78 is 47.5. The highest BCUT2D eigenvalue weighted by Crippen LogP contribution is 2.26. The van der Waals surface area contributed by atoms with Gasteiger partial charge < -0.3 is 5.32 Å². The van der Waals surface area contributed by atoms with Gasteiger partial charge in [-0.1, -0.05) is 12.1 Å². The van der Waals surface area contributed by atoms with Crippen LogP contribution in [0.1, 0.15) is 20.3 Å². The van der Waals surface area contributed by atoms with Crippen molar-refractivity contribution in [2.45, 2.75) is 30.4 Å². The van der Waals surface area contributed by atoms with Crippen LogP contribution in [0.25, 0.3) is 0 Å². The summed E-state index contributed by atoms with van der Waals surface area (Å²) in [6.45, 7) is 3.13. The van der Waals surface area contributed by atoms with E-state index in [2.05, 4.69) is 5.32 Å². The van der Waals surface area contributed by atoms with E-state index in [1.807, 2.05) is 0 Å². The molecule has 0 bridgehead atoms. The van der Waals surface area contributed by atoms with Gasteiger partial charge >= 0.3 is 0 Å². The third-order valence-electron chi connectivity index (χ3n) is 3.68. The van der Waals surface area contributed by atoms with E-state index in [1.165, 1.54) is 12.1 Å². The molecule has 1 unspecified atom stereocenters. The highest BCUT2D eigenvalue weighted by Gasteiger charge is 2.33. The average Bonchev–Trinajstić information content (AvgIpc) is 2.79. The van der Waals surface area contributed by atoms with Crippen LogP contribution < -0.4 is 5.32 Å². The van der Waals surface area contributed by atoms with Crippen LogP contribution in [0.4, 0.5) is 5.69 Å². The number of carbonyl (C=O) groups excluding carboxylic acids is 1. The zero-order valence-electron chi connectivity index (χ0n) is 12.4. The molecular weight excluding hydrogens is 326 g/mol. The zero-order chi connectivity index (χ0) is 16.5. The second-order valence-corrected chi connectivity index (χ2v) is 10.4. The fourth-order valence-corrected chi connectivity index (χ4v) is 5.25. The monoisotopic (exact) mass is 345 g/mol. The summed E-state index contributed by atoms with van der Waals surface area (Å²) >= 11 is 0. The van der Waals surface area contributed by atoms with Gasteiger partial charge in [-0.15, -0.1) is 0 Å². The summed E-state index contributed by atoms with van der Waals surface area (Å²) in [5.41, 5.74) is 0.200. The van der Waals surface area contributed by atoms with Crippen LogP contribution in [0.15, 0.2) is 29.2 Å². The first-order chi connectivity index (χ1) is 10.1. The first-order valence-electron chi connectivity index (χ1n) is 6.98. The molecule has 1 amide bonds. The SMILES string of the molecule is CC(C)S(=O)(=O)c1ccccc1NC(=O)C1CCS(=O)(=O)C1. The minimum absolute atomic E-state index is 0.00295. The van der Waals surface area contributed by atoms with Crippen molar-refractivity contribution in [1.29, 1.82) is 0 Å². The summed E-state index contributed by atoms with van der Waals surface area (Å²) in [6.07, 6.45) is 0.271. The lowest BCUT2D eigenvalue weighted by atomic mass is 10.1. The average molecular weight is 345 g/mol. The molecule has 122 valence electrons. The van der Waals surface area contributed by atoms with Crippen LogP contribution in [0.5, 0.6) is 0 Å². The van der Waals surface area contributed by atoms with E-state index in [-0.39, 0.29) is 28.5 Å². The Morgan fingerprint density at radius 1 is 1.27 bits per heavy atom. The van der Waals surface area contributed by atoms with Gasteiger partial charge in [0.05, 0.1) is 33.3 Å². The van der Waals surface area contributed by atoms with Crippen molar-refractivity contribution in [3.05, 3.63) is 24.3 Å². The van der Waals surface area contributed by atoms with Crippen LogP contribution in [0, 0.1) is 5.92 Å². The van der Waals surface area contributed by atoms with E-state index < -0.39 is 36.7 Å². The molecule has 1 aliphatic rings. The smallest absolute Gasteiger partial charge is 0.228 e. The van der Waals surface area contributed by atoms with Crippen molar-refractivity contribution >= 4 is 31.3 Å². The molecular formula is C14H19NO5S2. The van der Waals surface area contributed by atoms with E-state index in [0.29, 0.717) is 0 Å². The highest BCUT2D eigenvalue weighted by atomic mass is 32.2. The van der Waals surface area contributed by atoms with Gasteiger partial charge in [0, 0.05) is 0 Å². The molecule has 0 saturated carbocycles. The van der Waals surface area contributed by atoms with Crippen molar-refractivity contribution in [3.8, 4) is 0 Å². The Morgan fingerprint density at radius 2 is 1.91 bits per heavy atom. The summed E-state index contributed by atoms with van der Waals surface area (Å²) in [6, 6.07) is 6.16. The number of amides is 1. The molecule has 1 aliphatic heterocycles. The number of nitrogens with one attached hydrogen (secondary N) is 1. The molecule has 1 heterocycles. The molecule has 1 aromatic carbocycles. The fourth-order valence-electron chi connectivity index (χ4n) is 2.31. The van der Waals surface area contributed by atoms with E-state index in [9.17, 15) is 21.6 Å². The van der Waals surface area contributed by atoms with E-state index in [4.69, 9.17) is 0 Å². The number of benzene rings is 1. The maximum Gasteiger partial charge on any atom is 0.228 e. The summed E-state index contributed by atoms with van der Waals surface area (Å²) in [5.74, 6) is -1.26. The number of carbonyl (C=O) groups is 1. The second kappa shape index (κ2) is 6.00. The molecule has 22 heavy (non-hydrogen) atoms. The predicted octanol–water partition coefficient (Wildman–Crippen LogP) is 1.24. The molecule has 1 saturated heterocycles. The number of anilines is 1. The molecule has 2 rings (SSSR count). The van der Waals surface area contributed by atoms with Gasteiger partial charge in [0.25, 0.3) is 0 Å². The Bertz CT molecular complexity index is 781. The van der Waals surface area contributed by atoms with Gasteiger partial charge in [0.1, 0.15) is 0 Å². The minimum atomic E-state index is -3.53. The molecule has 1 fully saturated rings. The molecule has 1 N–H and O–H groups in total. The molecule has 0 aromatic heterocycles. The number of rotatable bonds is 4. The van der Waals surface area contributed by atoms with Crippen LogP contribution >= 0.6 is 0 Å². The van der Waals surface area contributed by atoms with Crippen LogP contribution in [0.3, 0.4) is 0 Å². The standard InChI is InChI=1S/C14H19NO5S2/c1-10(2)22(19,20)13-6-4-3-5-12(13)15-14(16)11-7-8-21(17,18)9-11/h3-6,10-11H,7-9H2,1-2H3,(H,15,16). The Balaban J connectivity index is 2.26. The van der Waals surface area contributed by atoms with Crippen LogP contribution in [0.2, 0.25) is 0 Å². The lowest BCUT2D eigenvalue weighted by Crippen LogP contribution is -2.25. The van der Waals surface area contributed by atoms with Gasteiger partial charge in [0.15, 0.2) is 19.7 Å². The zero-order valence-corrected chi connectivity index (χ0v) is 14.1. The number of para-hydroxylation sites is 1. The van der Waals surface area contributed by atoms with Crippen molar-refractivity contribution in [2.24, 2.45) is 5.92 Å². The van der Waals surface area contributed by atoms with Gasteiger partial charge in [-0.25, -0.2) is 16.8 Å². The fraction of sp³-hybridized carbons (Fsp3) is 0.500. The van der Waals surface area contributed by atoms with Gasteiger partial charge in [-0.05, 0) is 32.4 Å². The summed E-state index contributed by atoms with van der Waals surface area (Å²) in [5, 5.41) is 1.96. The lowest BCUT2D eigenvalue weighted by Gasteiger charge is -2.15. The Labute approximate surface area is 130 Å². The summed E-state index contributed by atoms with van der Waals surface area (Å²) in [7, 11) is -6.70. The van der Waals surface area contributed by atoms with Crippen molar-refractivity contribution in [2.75, 3.05) is 16.8 Å². The second-order valence-electron chi connectivity index (χ2n) is 5.68. The third-order valence-corrected chi connectivity index (χ3v) is 7.65. The van der Waals surface area contributed by atoms with Gasteiger partial charge in [0.2, 0.25) is 5.91 Å². The molecule has 1 atom stereocenters. The van der Waals surface area contributed by atoms with E-state index in [0.717, 1.165) is 0 Å². The molecule has 1 aromatic rings. The van der Waals surface area contributed by atoms with Gasteiger partial charge in [-0.2, -0.15) is 0 Å². The predicted molar refractivity (Wildman–Crippen MR) is 84.2 cm³/mol. The van der Waals surface area contributed by atoms with E-state index >= 15 is 0 Å². The number of hydrogen-bond donors (Lipinski definition) is 1. The third kappa shape index (κ3) is 3.49. The van der Waals surface area contributed by atoms with Crippen molar-refractivity contribution in [3.63, 3.8) is 0 Å². The van der Waals surface area contributed by atoms with E-state index in [1.54, 1.807) is 26.0 Å². The maximum absolute atomic E-state index is 12.3. The van der Waals surface area contributed by atoms with Crippen LogP contribution in [-0.4, -0.2) is 39.5 Å². The van der Waals surface area contributed by atoms with Crippen molar-refractivity contribution < 1.29 is 21.6 Å². The van der Waals surface area contributed by atoms with Gasteiger partial charge in [-0.3, -0.25) is 4.79 Å². The molecule has 0 aliphatic carbocycles. The molecule has 6 nitrogen and oxygen atoms in total. The first-order valence-corrected chi connectivity index (χ1v) is 10.3. The Kier molecular flexibility index (Phi) is 4.62. The minimum Gasteiger partial charge on any atom is -0.325 e. The largest absolute Gasteiger partial charge is 0.325 e.